The summed E-state index contributed by atoms with van der Waals surface area (Å²) in [7, 11) is 0. The zero-order valence-electron chi connectivity index (χ0n) is 15.1. The molecule has 0 aromatic heterocycles. The van der Waals surface area contributed by atoms with Crippen LogP contribution >= 0.6 is 24.8 Å². The fourth-order valence-electron chi connectivity index (χ4n) is 3.12. The molecule has 3 rings (SSSR count). The van der Waals surface area contributed by atoms with E-state index in [1.807, 2.05) is 29.2 Å². The van der Waals surface area contributed by atoms with Gasteiger partial charge in [0.2, 0.25) is 11.8 Å². The Hall–Kier alpha value is -1.34. The van der Waals surface area contributed by atoms with E-state index >= 15 is 0 Å². The molecule has 1 saturated carbocycles. The summed E-state index contributed by atoms with van der Waals surface area (Å²) in [5.74, 6) is 0.0663. The molecule has 1 aromatic carbocycles. The molecule has 1 saturated heterocycles. The summed E-state index contributed by atoms with van der Waals surface area (Å²) in [6.07, 6.45) is 2.48. The topological polar surface area (TPSA) is 78.7 Å². The maximum atomic E-state index is 12.3. The first-order chi connectivity index (χ1) is 11.5. The highest BCUT2D eigenvalue weighted by atomic mass is 35.5. The number of aryl methyl sites for hydroxylation is 1. The van der Waals surface area contributed by atoms with Gasteiger partial charge in [-0.1, -0.05) is 25.1 Å². The number of para-hydroxylation sites is 1. The Morgan fingerprint density at radius 1 is 1.12 bits per heavy atom. The zero-order chi connectivity index (χ0) is 17.2. The van der Waals surface area contributed by atoms with Crippen molar-refractivity contribution in [3.05, 3.63) is 29.8 Å². The minimum absolute atomic E-state index is 0. The summed E-state index contributed by atoms with van der Waals surface area (Å²) in [6.45, 7) is 5.15. The largest absolute Gasteiger partial charge is 0.339 e. The zero-order valence-corrected chi connectivity index (χ0v) is 16.7. The van der Waals surface area contributed by atoms with Gasteiger partial charge in [-0.2, -0.15) is 0 Å². The van der Waals surface area contributed by atoms with Crippen LogP contribution in [0, 0.1) is 0 Å². The molecule has 0 unspecified atom stereocenters. The van der Waals surface area contributed by atoms with Crippen LogP contribution in [0.25, 0.3) is 0 Å². The van der Waals surface area contributed by atoms with Gasteiger partial charge in [-0.15, -0.1) is 24.8 Å². The van der Waals surface area contributed by atoms with Gasteiger partial charge in [0.25, 0.3) is 0 Å². The van der Waals surface area contributed by atoms with Crippen molar-refractivity contribution in [2.24, 2.45) is 5.73 Å². The Bertz CT molecular complexity index is 629. The number of amides is 2. The van der Waals surface area contributed by atoms with E-state index in [4.69, 9.17) is 5.73 Å². The van der Waals surface area contributed by atoms with Crippen LogP contribution in [0.5, 0.6) is 0 Å². The lowest BCUT2D eigenvalue weighted by Gasteiger charge is -2.35. The maximum absolute atomic E-state index is 12.3. The summed E-state index contributed by atoms with van der Waals surface area (Å²) in [4.78, 5) is 28.4. The Morgan fingerprint density at radius 2 is 1.73 bits per heavy atom. The van der Waals surface area contributed by atoms with Crippen molar-refractivity contribution < 1.29 is 9.59 Å². The first-order valence-corrected chi connectivity index (χ1v) is 8.70. The Labute approximate surface area is 167 Å². The molecule has 1 heterocycles. The smallest absolute Gasteiger partial charge is 0.242 e. The fraction of sp³-hybridized carbons (Fsp3) is 0.556. The van der Waals surface area contributed by atoms with Gasteiger partial charge in [-0.25, -0.2) is 0 Å². The van der Waals surface area contributed by atoms with Crippen LogP contribution < -0.4 is 11.1 Å². The molecule has 1 aliphatic carbocycles. The summed E-state index contributed by atoms with van der Waals surface area (Å²) < 4.78 is 0. The number of piperazine rings is 1. The van der Waals surface area contributed by atoms with Crippen molar-refractivity contribution in [1.29, 1.82) is 0 Å². The summed E-state index contributed by atoms with van der Waals surface area (Å²) in [5, 5.41) is 3.00. The van der Waals surface area contributed by atoms with Gasteiger partial charge in [0, 0.05) is 31.9 Å². The SMILES string of the molecule is CCc1ccccc1NC(=O)CN1CCN(C(=O)C2(N)CC2)CC1.Cl.Cl. The lowest BCUT2D eigenvalue weighted by molar-refractivity contribution is -0.135. The highest BCUT2D eigenvalue weighted by Gasteiger charge is 2.48. The number of halogens is 2. The molecule has 0 radical (unpaired) electrons. The van der Waals surface area contributed by atoms with Gasteiger partial charge in [-0.3, -0.25) is 14.5 Å². The van der Waals surface area contributed by atoms with Crippen molar-refractivity contribution in [2.75, 3.05) is 38.0 Å². The van der Waals surface area contributed by atoms with Crippen LogP contribution in [0.2, 0.25) is 0 Å². The molecular formula is C18H28Cl2N4O2. The third-order valence-electron chi connectivity index (χ3n) is 4.91. The van der Waals surface area contributed by atoms with Crippen LogP contribution in [0.1, 0.15) is 25.3 Å². The predicted octanol–water partition coefficient (Wildman–Crippen LogP) is 1.67. The number of hydrogen-bond donors (Lipinski definition) is 2. The molecule has 2 aliphatic rings. The molecule has 0 spiro atoms. The van der Waals surface area contributed by atoms with E-state index in [-0.39, 0.29) is 36.6 Å². The number of anilines is 1. The second-order valence-corrected chi connectivity index (χ2v) is 6.78. The minimum atomic E-state index is -0.594. The number of benzene rings is 1. The van der Waals surface area contributed by atoms with E-state index in [1.165, 1.54) is 0 Å². The van der Waals surface area contributed by atoms with E-state index in [1.54, 1.807) is 0 Å². The Balaban J connectivity index is 0.00000169. The minimum Gasteiger partial charge on any atom is -0.339 e. The van der Waals surface area contributed by atoms with E-state index in [2.05, 4.69) is 17.1 Å². The van der Waals surface area contributed by atoms with Gasteiger partial charge in [-0.05, 0) is 30.9 Å². The lowest BCUT2D eigenvalue weighted by atomic mass is 10.1. The number of nitrogens with zero attached hydrogens (tertiary/aromatic N) is 2. The summed E-state index contributed by atoms with van der Waals surface area (Å²) >= 11 is 0. The van der Waals surface area contributed by atoms with Crippen molar-refractivity contribution in [2.45, 2.75) is 31.7 Å². The van der Waals surface area contributed by atoms with Crippen molar-refractivity contribution in [3.8, 4) is 0 Å². The highest BCUT2D eigenvalue weighted by Crippen LogP contribution is 2.34. The molecule has 6 nitrogen and oxygen atoms in total. The maximum Gasteiger partial charge on any atom is 0.242 e. The number of carbonyl (C=O) groups excluding carboxylic acids is 2. The second kappa shape index (κ2) is 9.55. The number of hydrogen-bond acceptors (Lipinski definition) is 4. The third kappa shape index (κ3) is 5.33. The molecular weight excluding hydrogens is 375 g/mol. The highest BCUT2D eigenvalue weighted by molar-refractivity contribution is 5.93. The summed E-state index contributed by atoms with van der Waals surface area (Å²) in [5.41, 5.74) is 7.41. The molecule has 8 heteroatoms. The fourth-order valence-corrected chi connectivity index (χ4v) is 3.12. The summed E-state index contributed by atoms with van der Waals surface area (Å²) in [6, 6.07) is 7.87. The van der Waals surface area contributed by atoms with Crippen LogP contribution in [-0.4, -0.2) is 59.9 Å². The first kappa shape index (κ1) is 22.7. The standard InChI is InChI=1S/C18H26N4O2.2ClH/c1-2-14-5-3-4-6-15(14)20-16(23)13-21-9-11-22(12-10-21)17(24)18(19)7-8-18;;/h3-6H,2,7-13,19H2,1H3,(H,20,23);2*1H. The number of nitrogens with two attached hydrogens (primary N) is 1. The third-order valence-corrected chi connectivity index (χ3v) is 4.91. The van der Waals surface area contributed by atoms with Crippen molar-refractivity contribution in [1.82, 2.24) is 9.80 Å². The molecule has 1 aromatic rings. The second-order valence-electron chi connectivity index (χ2n) is 6.78. The van der Waals surface area contributed by atoms with Gasteiger partial charge in [0.15, 0.2) is 0 Å². The quantitative estimate of drug-likeness (QED) is 0.784. The Morgan fingerprint density at radius 3 is 2.31 bits per heavy atom. The van der Waals surface area contributed by atoms with Gasteiger partial charge >= 0.3 is 0 Å². The van der Waals surface area contributed by atoms with Gasteiger partial charge < -0.3 is 16.0 Å². The van der Waals surface area contributed by atoms with Gasteiger partial charge in [0.05, 0.1) is 12.1 Å². The molecule has 0 bridgehead atoms. The van der Waals surface area contributed by atoms with Crippen molar-refractivity contribution in [3.63, 3.8) is 0 Å². The monoisotopic (exact) mass is 402 g/mol. The van der Waals surface area contributed by atoms with E-state index in [0.717, 1.165) is 30.5 Å². The number of rotatable bonds is 5. The van der Waals surface area contributed by atoms with E-state index in [0.29, 0.717) is 32.7 Å². The van der Waals surface area contributed by atoms with Crippen LogP contribution in [0.3, 0.4) is 0 Å². The van der Waals surface area contributed by atoms with Crippen molar-refractivity contribution >= 4 is 42.3 Å². The molecule has 3 N–H and O–H groups in total. The lowest BCUT2D eigenvalue weighted by Crippen LogP contribution is -2.55. The first-order valence-electron chi connectivity index (χ1n) is 8.70. The molecule has 0 atom stereocenters. The molecule has 146 valence electrons. The van der Waals surface area contributed by atoms with Gasteiger partial charge in [0.1, 0.15) is 0 Å². The molecule has 2 amide bonds. The predicted molar refractivity (Wildman–Crippen MR) is 108 cm³/mol. The Kier molecular flexibility index (Phi) is 8.34. The average molecular weight is 403 g/mol. The van der Waals surface area contributed by atoms with Crippen LogP contribution in [0.15, 0.2) is 24.3 Å². The normalized spacial score (nSPS) is 18.3. The van der Waals surface area contributed by atoms with E-state index in [9.17, 15) is 9.59 Å². The molecule has 26 heavy (non-hydrogen) atoms. The molecule has 1 aliphatic heterocycles. The number of carbonyl (C=O) groups is 2. The average Bonchev–Trinajstić information content (AvgIpc) is 3.34. The molecule has 2 fully saturated rings. The van der Waals surface area contributed by atoms with E-state index < -0.39 is 5.54 Å². The van der Waals surface area contributed by atoms with Crippen LogP contribution in [0.4, 0.5) is 5.69 Å². The number of nitrogens with one attached hydrogen (secondary N) is 1. The van der Waals surface area contributed by atoms with Crippen LogP contribution in [-0.2, 0) is 16.0 Å².